The fraction of sp³-hybridized carbons (Fsp3) is 0.417. The SMILES string of the molecule is CC(C)(C)C#C[Se][C]#[Mo+].Cc1cc(C)n([B-](n2nc(C)cc2C)n2nc(C)cc2C)n1.[CH-]=O.[CH-]=O. The number of rotatable bonds is 3. The van der Waals surface area contributed by atoms with Crippen molar-refractivity contribution in [3.8, 4) is 13.8 Å². The zero-order chi connectivity index (χ0) is 27.3. The Balaban J connectivity index is 0.000000753. The molecule has 0 amide bonds. The van der Waals surface area contributed by atoms with E-state index in [4.69, 9.17) is 9.59 Å². The van der Waals surface area contributed by atoms with Crippen LogP contribution in [-0.2, 0) is 28.7 Å². The van der Waals surface area contributed by atoms with Crippen molar-refractivity contribution in [2.45, 2.75) is 62.3 Å². The first-order valence-electron chi connectivity index (χ1n) is 10.5. The normalized spacial score (nSPS) is 9.86. The van der Waals surface area contributed by atoms with Crippen LogP contribution in [0.15, 0.2) is 18.2 Å². The quantitative estimate of drug-likeness (QED) is 0.194. The third kappa shape index (κ3) is 10.4. The summed E-state index contributed by atoms with van der Waals surface area (Å²) >= 11 is 2.18. The van der Waals surface area contributed by atoms with Gasteiger partial charge in [0.2, 0.25) is 0 Å². The van der Waals surface area contributed by atoms with E-state index in [-0.39, 0.29) is 12.5 Å². The Hall–Kier alpha value is -2.42. The van der Waals surface area contributed by atoms with Crippen LogP contribution in [0, 0.1) is 60.8 Å². The number of hydrogen-bond donors (Lipinski definition) is 0. The van der Waals surface area contributed by atoms with E-state index in [0.29, 0.717) is 15.0 Å². The van der Waals surface area contributed by atoms with E-state index in [9.17, 15) is 0 Å². The van der Waals surface area contributed by atoms with Crippen LogP contribution in [0.1, 0.15) is 54.9 Å². The molecule has 0 aliphatic heterocycles. The average Bonchev–Trinajstić information content (AvgIpc) is 3.41. The van der Waals surface area contributed by atoms with Crippen molar-refractivity contribution in [2.75, 3.05) is 0 Å². The van der Waals surface area contributed by atoms with Gasteiger partial charge in [-0.15, -0.1) is 0 Å². The van der Waals surface area contributed by atoms with Crippen LogP contribution < -0.4 is 0 Å². The van der Waals surface area contributed by atoms with E-state index in [1.165, 1.54) is 0 Å². The van der Waals surface area contributed by atoms with E-state index >= 15 is 0 Å². The predicted molar refractivity (Wildman–Crippen MR) is 137 cm³/mol. The molecule has 0 bridgehead atoms. The second-order valence-corrected chi connectivity index (χ2v) is 12.0. The molecule has 187 valence electrons. The summed E-state index contributed by atoms with van der Waals surface area (Å²) in [7, 11) is -0.226. The molecule has 3 rings (SSSR count). The molecule has 3 aromatic rings. The fourth-order valence-electron chi connectivity index (χ4n) is 3.15. The molecule has 3 aromatic heterocycles. The van der Waals surface area contributed by atoms with Gasteiger partial charge < -0.3 is 23.4 Å². The van der Waals surface area contributed by atoms with Gasteiger partial charge in [0.1, 0.15) is 0 Å². The molecule has 0 unspecified atom stereocenters. The second-order valence-electron chi connectivity index (χ2n) is 8.62. The smallest absolute Gasteiger partial charge is 0.261 e. The van der Waals surface area contributed by atoms with E-state index < -0.39 is 0 Å². The van der Waals surface area contributed by atoms with Crippen molar-refractivity contribution in [3.05, 3.63) is 52.4 Å². The second kappa shape index (κ2) is 15.6. The summed E-state index contributed by atoms with van der Waals surface area (Å²) < 4.78 is 8.98. The van der Waals surface area contributed by atoms with E-state index in [0.717, 1.165) is 34.2 Å². The summed E-state index contributed by atoms with van der Waals surface area (Å²) in [5, 5.41) is 14.0. The van der Waals surface area contributed by atoms with Crippen LogP contribution in [0.4, 0.5) is 0 Å². The van der Waals surface area contributed by atoms with Crippen molar-refractivity contribution >= 4 is 35.7 Å². The Kier molecular flexibility index (Phi) is 14.5. The van der Waals surface area contributed by atoms with Gasteiger partial charge in [-0.25, -0.2) is 15.3 Å². The Morgan fingerprint density at radius 3 is 1.29 bits per heavy atom. The number of aromatic nitrogens is 6. The van der Waals surface area contributed by atoms with Gasteiger partial charge in [0.15, 0.2) is 0 Å². The van der Waals surface area contributed by atoms with Crippen LogP contribution >= 0.6 is 0 Å². The van der Waals surface area contributed by atoms with Gasteiger partial charge in [0, 0.05) is 0 Å². The Morgan fingerprint density at radius 2 is 1.09 bits per heavy atom. The molecule has 1 radical (unpaired) electrons. The minimum atomic E-state index is -0.226. The number of aryl methyl sites for hydroxylation is 6. The number of carbonyl (C=O) groups excluding carboxylic acids is 2. The number of hydrogen-bond acceptors (Lipinski definition) is 5. The third-order valence-electron chi connectivity index (χ3n) is 4.31. The fourth-order valence-corrected chi connectivity index (χ4v) is 4.52. The third-order valence-corrected chi connectivity index (χ3v) is 5.98. The molecule has 0 aliphatic carbocycles. The summed E-state index contributed by atoms with van der Waals surface area (Å²) in [6.07, 6.45) is 0. The van der Waals surface area contributed by atoms with Crippen molar-refractivity contribution in [2.24, 2.45) is 5.41 Å². The van der Waals surface area contributed by atoms with Crippen LogP contribution in [0.3, 0.4) is 0 Å². The van der Waals surface area contributed by atoms with Crippen LogP contribution in [-0.4, -0.2) is 64.7 Å². The monoisotopic (exact) mass is 625 g/mol. The standard InChI is InChI=1S/C15H21BN6.C7H9Se.2CHO.Mo/c1-10-7-13(4)20(17-10)16(21-14(5)8-11(2)18-21)22-15(6)9-12(3)19-22;1-7(2,3)5-6-8-4;2*1-2;/h7-9H,1-6H3;1-3H3;2*1H;/q-1;;2*-1;+1. The molecule has 0 spiro atoms. The first kappa shape index (κ1) is 32.6. The molecule has 3 heterocycles. The molecule has 0 saturated heterocycles. The van der Waals surface area contributed by atoms with E-state index in [2.05, 4.69) is 102 Å². The van der Waals surface area contributed by atoms with Gasteiger partial charge in [-0.1, -0.05) is 0 Å². The molecule has 35 heavy (non-hydrogen) atoms. The van der Waals surface area contributed by atoms with E-state index in [1.807, 2.05) is 53.7 Å². The minimum absolute atomic E-state index is 0.166. The molecule has 0 fully saturated rings. The van der Waals surface area contributed by atoms with Crippen molar-refractivity contribution in [3.63, 3.8) is 0 Å². The molecule has 11 heteroatoms. The molecule has 8 nitrogen and oxygen atoms in total. The van der Waals surface area contributed by atoms with Gasteiger partial charge in [-0.05, 0) is 76.8 Å². The van der Waals surface area contributed by atoms with Crippen LogP contribution in [0.5, 0.6) is 0 Å². The first-order valence-corrected chi connectivity index (χ1v) is 13.2. The molecule has 0 N–H and O–H groups in total. The maximum absolute atomic E-state index is 7.75. The predicted octanol–water partition coefficient (Wildman–Crippen LogP) is 2.67. The van der Waals surface area contributed by atoms with Gasteiger partial charge in [-0.3, -0.25) is 13.6 Å². The van der Waals surface area contributed by atoms with Gasteiger partial charge >= 0.3 is 74.1 Å². The van der Waals surface area contributed by atoms with Gasteiger partial charge in [-0.2, -0.15) is 0 Å². The molecular formula is C24H32BMoN6O2Se-2. The minimum Gasteiger partial charge on any atom is -0.545 e. The van der Waals surface area contributed by atoms with Crippen molar-refractivity contribution in [1.29, 1.82) is 0 Å². The topological polar surface area (TPSA) is 87.6 Å². The van der Waals surface area contributed by atoms with Crippen LogP contribution in [0.25, 0.3) is 0 Å². The molecule has 0 saturated carbocycles. The van der Waals surface area contributed by atoms with Crippen LogP contribution in [0.2, 0.25) is 0 Å². The maximum atomic E-state index is 7.75. The zero-order valence-electron chi connectivity index (χ0n) is 21.8. The maximum Gasteiger partial charge on any atom is 0.261 e. The van der Waals surface area contributed by atoms with Crippen molar-refractivity contribution in [1.82, 2.24) is 29.1 Å². The molecular weight excluding hydrogens is 590 g/mol. The average molecular weight is 622 g/mol. The number of nitrogens with zero attached hydrogens (tertiary/aromatic N) is 6. The zero-order valence-corrected chi connectivity index (χ0v) is 25.5. The van der Waals surface area contributed by atoms with Gasteiger partial charge in [0.05, 0.1) is 17.1 Å². The largest absolute Gasteiger partial charge is 0.545 e. The first-order chi connectivity index (χ1) is 16.4. The Labute approximate surface area is 226 Å². The summed E-state index contributed by atoms with van der Waals surface area (Å²) in [6, 6.07) is 6.22. The van der Waals surface area contributed by atoms with Crippen molar-refractivity contribution < 1.29 is 28.7 Å². The summed E-state index contributed by atoms with van der Waals surface area (Å²) in [5.74, 6) is 3.14. The molecule has 0 aliphatic rings. The Bertz CT molecular complexity index is 1080. The summed E-state index contributed by atoms with van der Waals surface area (Å²) in [5.41, 5.74) is 6.40. The summed E-state index contributed by atoms with van der Waals surface area (Å²) in [4.78, 5) is 18.6. The molecule has 0 atom stereocenters. The Morgan fingerprint density at radius 1 is 0.771 bits per heavy atom. The van der Waals surface area contributed by atoms with Gasteiger partial charge in [0.25, 0.3) is 7.12 Å². The summed E-state index contributed by atoms with van der Waals surface area (Å²) in [6.45, 7) is 25.0. The molecule has 0 aromatic carbocycles. The van der Waals surface area contributed by atoms with E-state index in [1.54, 1.807) is 0 Å².